The smallest absolute Gasteiger partial charge is 0.389 e. The van der Waals surface area contributed by atoms with Crippen molar-refractivity contribution in [1.29, 1.82) is 0 Å². The number of rotatable bonds is 2. The van der Waals surface area contributed by atoms with Gasteiger partial charge in [0.2, 0.25) is 5.28 Å². The van der Waals surface area contributed by atoms with Crippen LogP contribution in [0.25, 0.3) is 16.7 Å². The Balaban J connectivity index is 1.84. The molecule has 0 atom stereocenters. The zero-order chi connectivity index (χ0) is 17.8. The molecule has 0 radical (unpaired) electrons. The summed E-state index contributed by atoms with van der Waals surface area (Å²) in [6.45, 7) is 0.800. The molecule has 1 N–H and O–H groups in total. The average molecular weight is 370 g/mol. The highest BCUT2D eigenvalue weighted by molar-refractivity contribution is 6.28. The summed E-state index contributed by atoms with van der Waals surface area (Å²) in [7, 11) is 0. The van der Waals surface area contributed by atoms with Gasteiger partial charge in [0.25, 0.3) is 0 Å². The lowest BCUT2D eigenvalue weighted by molar-refractivity contribution is -0.137. The van der Waals surface area contributed by atoms with E-state index in [9.17, 15) is 18.3 Å². The van der Waals surface area contributed by atoms with Crippen molar-refractivity contribution in [2.24, 2.45) is 0 Å². The summed E-state index contributed by atoms with van der Waals surface area (Å²) in [6, 6.07) is 4.80. The monoisotopic (exact) mass is 369 g/mol. The number of fused-ring (bicyclic) bond motifs is 1. The van der Waals surface area contributed by atoms with E-state index in [1.165, 1.54) is 23.0 Å². The Hall–Kier alpha value is -2.39. The summed E-state index contributed by atoms with van der Waals surface area (Å²) >= 11 is 5.97. The maximum Gasteiger partial charge on any atom is 0.416 e. The van der Waals surface area contributed by atoms with Gasteiger partial charge in [-0.05, 0) is 29.8 Å². The molecule has 1 saturated heterocycles. The van der Waals surface area contributed by atoms with E-state index in [1.807, 2.05) is 0 Å². The average Bonchev–Trinajstić information content (AvgIpc) is 2.94. The SMILES string of the molecule is OC1CN(c2nc(Cl)nc3c2cnn3-c2cccc(C(F)(F)F)c2)C1. The third-order valence-corrected chi connectivity index (χ3v) is 4.13. The first-order chi connectivity index (χ1) is 11.8. The van der Waals surface area contributed by atoms with Crippen LogP contribution in [0.2, 0.25) is 5.28 Å². The van der Waals surface area contributed by atoms with Crippen LogP contribution in [0, 0.1) is 0 Å². The standard InChI is InChI=1S/C15H11ClF3N5O/c16-14-21-12(23-6-10(25)7-23)11-5-20-24(13(11)22-14)9-3-1-2-8(4-9)15(17,18)19/h1-5,10,25H,6-7H2. The predicted octanol–water partition coefficient (Wildman–Crippen LogP) is 2.67. The Kier molecular flexibility index (Phi) is 3.58. The summed E-state index contributed by atoms with van der Waals surface area (Å²) in [6.07, 6.45) is -3.42. The Morgan fingerprint density at radius 3 is 2.64 bits per heavy atom. The van der Waals surface area contributed by atoms with Crippen LogP contribution in [-0.2, 0) is 6.18 Å². The van der Waals surface area contributed by atoms with Gasteiger partial charge in [0.1, 0.15) is 5.82 Å². The first-order valence-corrected chi connectivity index (χ1v) is 7.72. The zero-order valence-electron chi connectivity index (χ0n) is 12.6. The molecule has 130 valence electrons. The van der Waals surface area contributed by atoms with Gasteiger partial charge in [-0.25, -0.2) is 4.68 Å². The molecule has 6 nitrogen and oxygen atoms in total. The molecule has 1 aliphatic rings. The Morgan fingerprint density at radius 1 is 1.20 bits per heavy atom. The van der Waals surface area contributed by atoms with Gasteiger partial charge in [-0.3, -0.25) is 0 Å². The molecule has 0 saturated carbocycles. The van der Waals surface area contributed by atoms with E-state index in [0.717, 1.165) is 12.1 Å². The lowest BCUT2D eigenvalue weighted by Crippen LogP contribution is -2.51. The third kappa shape index (κ3) is 2.79. The number of β-amino-alcohol motifs (C(OH)–C–C–N with tert-alkyl or cyclic N) is 1. The molecule has 3 heterocycles. The molecular weight excluding hydrogens is 359 g/mol. The number of aliphatic hydroxyl groups excluding tert-OH is 1. The molecule has 25 heavy (non-hydrogen) atoms. The Labute approximate surface area is 144 Å². The minimum atomic E-state index is -4.45. The molecule has 1 fully saturated rings. The lowest BCUT2D eigenvalue weighted by atomic mass is 10.1. The van der Waals surface area contributed by atoms with Gasteiger partial charge in [-0.1, -0.05) is 6.07 Å². The molecule has 0 unspecified atom stereocenters. The van der Waals surface area contributed by atoms with Crippen LogP contribution in [0.15, 0.2) is 30.5 Å². The molecule has 10 heteroatoms. The number of aromatic nitrogens is 4. The molecule has 3 aromatic rings. The topological polar surface area (TPSA) is 67.1 Å². The highest BCUT2D eigenvalue weighted by Gasteiger charge is 2.31. The van der Waals surface area contributed by atoms with Gasteiger partial charge in [0.15, 0.2) is 5.65 Å². The van der Waals surface area contributed by atoms with Gasteiger partial charge in [0, 0.05) is 13.1 Å². The lowest BCUT2D eigenvalue weighted by Gasteiger charge is -2.36. The van der Waals surface area contributed by atoms with Crippen LogP contribution in [0.1, 0.15) is 5.56 Å². The zero-order valence-corrected chi connectivity index (χ0v) is 13.3. The van der Waals surface area contributed by atoms with E-state index in [4.69, 9.17) is 11.6 Å². The molecule has 0 spiro atoms. The van der Waals surface area contributed by atoms with Gasteiger partial charge < -0.3 is 10.0 Å². The fourth-order valence-electron chi connectivity index (χ4n) is 2.74. The van der Waals surface area contributed by atoms with Crippen LogP contribution < -0.4 is 4.90 Å². The van der Waals surface area contributed by atoms with E-state index in [0.29, 0.717) is 29.9 Å². The van der Waals surface area contributed by atoms with Crippen molar-refractivity contribution in [3.8, 4) is 5.69 Å². The number of benzene rings is 1. The van der Waals surface area contributed by atoms with Crippen molar-refractivity contribution >= 4 is 28.5 Å². The Morgan fingerprint density at radius 2 is 1.96 bits per heavy atom. The maximum atomic E-state index is 12.9. The predicted molar refractivity (Wildman–Crippen MR) is 84.9 cm³/mol. The van der Waals surface area contributed by atoms with Gasteiger partial charge in [-0.15, -0.1) is 0 Å². The van der Waals surface area contributed by atoms with Crippen molar-refractivity contribution in [3.63, 3.8) is 0 Å². The fraction of sp³-hybridized carbons (Fsp3) is 0.267. The number of aliphatic hydroxyl groups is 1. The molecule has 2 aromatic heterocycles. The summed E-state index contributed by atoms with van der Waals surface area (Å²) < 4.78 is 40.1. The number of alkyl halides is 3. The van der Waals surface area contributed by atoms with E-state index in [-0.39, 0.29) is 11.0 Å². The molecule has 0 aliphatic carbocycles. The van der Waals surface area contributed by atoms with E-state index >= 15 is 0 Å². The van der Waals surface area contributed by atoms with Crippen LogP contribution >= 0.6 is 11.6 Å². The number of hydrogen-bond donors (Lipinski definition) is 1. The summed E-state index contributed by atoms with van der Waals surface area (Å²) in [5.74, 6) is 0.499. The molecule has 1 aliphatic heterocycles. The molecule has 0 bridgehead atoms. The number of anilines is 1. The summed E-state index contributed by atoms with van der Waals surface area (Å²) in [4.78, 5) is 10.1. The molecule has 0 amide bonds. The van der Waals surface area contributed by atoms with Crippen LogP contribution in [-0.4, -0.2) is 44.0 Å². The van der Waals surface area contributed by atoms with Crippen LogP contribution in [0.5, 0.6) is 0 Å². The third-order valence-electron chi connectivity index (χ3n) is 3.96. The first kappa shape index (κ1) is 16.1. The Bertz CT molecular complexity index is 952. The van der Waals surface area contributed by atoms with Crippen molar-refractivity contribution < 1.29 is 18.3 Å². The highest BCUT2D eigenvalue weighted by Crippen LogP contribution is 2.32. The second-order valence-electron chi connectivity index (χ2n) is 5.72. The van der Waals surface area contributed by atoms with Crippen molar-refractivity contribution in [2.75, 3.05) is 18.0 Å². The van der Waals surface area contributed by atoms with Crippen LogP contribution in [0.4, 0.5) is 19.0 Å². The van der Waals surface area contributed by atoms with Crippen molar-refractivity contribution in [3.05, 3.63) is 41.3 Å². The maximum absolute atomic E-state index is 12.9. The van der Waals surface area contributed by atoms with Crippen LogP contribution in [0.3, 0.4) is 0 Å². The number of hydrogen-bond acceptors (Lipinski definition) is 5. The fourth-order valence-corrected chi connectivity index (χ4v) is 2.90. The molecule has 4 rings (SSSR count). The molecular formula is C15H11ClF3N5O. The summed E-state index contributed by atoms with van der Waals surface area (Å²) in [5.41, 5.74) is -0.259. The second-order valence-corrected chi connectivity index (χ2v) is 6.05. The number of nitrogens with zero attached hydrogens (tertiary/aromatic N) is 5. The van der Waals surface area contributed by atoms with Gasteiger partial charge >= 0.3 is 6.18 Å². The van der Waals surface area contributed by atoms with E-state index < -0.39 is 17.8 Å². The normalized spacial score (nSPS) is 15.6. The molecule has 1 aromatic carbocycles. The highest BCUT2D eigenvalue weighted by atomic mass is 35.5. The van der Waals surface area contributed by atoms with E-state index in [2.05, 4.69) is 15.1 Å². The van der Waals surface area contributed by atoms with Gasteiger partial charge in [-0.2, -0.15) is 28.2 Å². The minimum absolute atomic E-state index is 0.0439. The van der Waals surface area contributed by atoms with Gasteiger partial charge in [0.05, 0.1) is 28.9 Å². The largest absolute Gasteiger partial charge is 0.416 e. The minimum Gasteiger partial charge on any atom is -0.389 e. The van der Waals surface area contributed by atoms with Crippen molar-refractivity contribution in [1.82, 2.24) is 19.7 Å². The second kappa shape index (κ2) is 5.57. The summed E-state index contributed by atoms with van der Waals surface area (Å²) in [5, 5.41) is 14.1. The van der Waals surface area contributed by atoms with Crippen molar-refractivity contribution in [2.45, 2.75) is 12.3 Å². The number of halogens is 4. The first-order valence-electron chi connectivity index (χ1n) is 7.35. The van der Waals surface area contributed by atoms with E-state index in [1.54, 1.807) is 4.90 Å². The quantitative estimate of drug-likeness (QED) is 0.703.